The molecule has 0 spiro atoms. The van der Waals surface area contributed by atoms with E-state index < -0.39 is 6.10 Å². The fourth-order valence-corrected chi connectivity index (χ4v) is 7.86. The van der Waals surface area contributed by atoms with Gasteiger partial charge in [0.15, 0.2) is 6.10 Å². The number of esters is 3. The first kappa shape index (κ1) is 61.4. The number of hydrogen-bond donors (Lipinski definition) is 0. The molecule has 0 aliphatic rings. The van der Waals surface area contributed by atoms with Crippen molar-refractivity contribution >= 4 is 17.9 Å². The molecule has 0 aliphatic carbocycles. The summed E-state index contributed by atoms with van der Waals surface area (Å²) in [7, 11) is 0. The lowest BCUT2D eigenvalue weighted by Crippen LogP contribution is -2.30. The Balaban J connectivity index is 4.27. The first-order valence-corrected chi connectivity index (χ1v) is 27.6. The summed E-state index contributed by atoms with van der Waals surface area (Å²) in [4.78, 5) is 38.0. The van der Waals surface area contributed by atoms with E-state index in [1.807, 2.05) is 0 Å². The van der Waals surface area contributed by atoms with Gasteiger partial charge in [-0.2, -0.15) is 0 Å². The van der Waals surface area contributed by atoms with E-state index in [-0.39, 0.29) is 31.1 Å². The van der Waals surface area contributed by atoms with E-state index >= 15 is 0 Å². The summed E-state index contributed by atoms with van der Waals surface area (Å²) in [6.45, 7) is 6.60. The van der Waals surface area contributed by atoms with Crippen LogP contribution in [0.4, 0.5) is 0 Å². The van der Waals surface area contributed by atoms with Crippen molar-refractivity contribution < 1.29 is 28.6 Å². The summed E-state index contributed by atoms with van der Waals surface area (Å²) >= 11 is 0. The van der Waals surface area contributed by atoms with Crippen LogP contribution in [0.2, 0.25) is 0 Å². The molecular weight excluding hydrogens is 793 g/mol. The zero-order valence-corrected chi connectivity index (χ0v) is 42.6. The van der Waals surface area contributed by atoms with Crippen LogP contribution < -0.4 is 0 Å². The molecule has 0 amide bonds. The lowest BCUT2D eigenvalue weighted by molar-refractivity contribution is -0.167. The summed E-state index contributed by atoms with van der Waals surface area (Å²) < 4.78 is 16.8. The Morgan fingerprint density at radius 2 is 0.562 bits per heavy atom. The molecule has 1 unspecified atom stereocenters. The highest BCUT2D eigenvalue weighted by molar-refractivity contribution is 5.71. The first-order chi connectivity index (χ1) is 31.5. The van der Waals surface area contributed by atoms with Gasteiger partial charge in [0, 0.05) is 19.3 Å². The molecule has 0 heterocycles. The topological polar surface area (TPSA) is 78.9 Å². The maximum absolute atomic E-state index is 12.8. The largest absolute Gasteiger partial charge is 0.462 e. The quantitative estimate of drug-likeness (QED) is 0.0262. The smallest absolute Gasteiger partial charge is 0.306 e. The molecule has 0 saturated heterocycles. The highest BCUT2D eigenvalue weighted by Gasteiger charge is 2.19. The predicted octanol–water partition coefficient (Wildman–Crippen LogP) is 18.3. The Hall–Kier alpha value is -2.63. The van der Waals surface area contributed by atoms with Crippen LogP contribution in [0.1, 0.15) is 284 Å². The molecule has 0 fully saturated rings. The van der Waals surface area contributed by atoms with E-state index in [1.54, 1.807) is 0 Å². The Bertz CT molecular complexity index is 1120. The second-order valence-corrected chi connectivity index (χ2v) is 18.5. The molecule has 0 bridgehead atoms. The van der Waals surface area contributed by atoms with Crippen LogP contribution in [-0.4, -0.2) is 37.2 Å². The van der Waals surface area contributed by atoms with Crippen molar-refractivity contribution in [1.82, 2.24) is 0 Å². The third-order valence-electron chi connectivity index (χ3n) is 12.1. The van der Waals surface area contributed by atoms with Gasteiger partial charge in [-0.3, -0.25) is 14.4 Å². The third kappa shape index (κ3) is 50.4. The molecule has 6 heteroatoms. The molecule has 0 rings (SSSR count). The molecule has 0 aromatic rings. The Morgan fingerprint density at radius 3 is 0.922 bits per heavy atom. The van der Waals surface area contributed by atoms with Gasteiger partial charge in [0.2, 0.25) is 0 Å². The summed E-state index contributed by atoms with van der Waals surface area (Å²) in [5.74, 6) is -0.885. The molecule has 0 N–H and O–H groups in total. The van der Waals surface area contributed by atoms with Gasteiger partial charge in [-0.15, -0.1) is 0 Å². The molecule has 1 atom stereocenters. The van der Waals surface area contributed by atoms with Crippen LogP contribution in [0.15, 0.2) is 48.6 Å². The summed E-state index contributed by atoms with van der Waals surface area (Å²) in [5, 5.41) is 0. The van der Waals surface area contributed by atoms with Crippen molar-refractivity contribution in [1.29, 1.82) is 0 Å². The van der Waals surface area contributed by atoms with Crippen molar-refractivity contribution in [3.63, 3.8) is 0 Å². The third-order valence-corrected chi connectivity index (χ3v) is 12.1. The van der Waals surface area contributed by atoms with Crippen LogP contribution in [0.3, 0.4) is 0 Å². The van der Waals surface area contributed by atoms with Gasteiger partial charge < -0.3 is 14.2 Å². The van der Waals surface area contributed by atoms with Crippen molar-refractivity contribution in [2.75, 3.05) is 13.2 Å². The van der Waals surface area contributed by atoms with Gasteiger partial charge in [0.1, 0.15) is 13.2 Å². The van der Waals surface area contributed by atoms with Crippen molar-refractivity contribution in [3.8, 4) is 0 Å². The molecule has 0 radical (unpaired) electrons. The second-order valence-electron chi connectivity index (χ2n) is 18.5. The van der Waals surface area contributed by atoms with E-state index in [2.05, 4.69) is 69.4 Å². The van der Waals surface area contributed by atoms with E-state index in [0.717, 1.165) is 89.9 Å². The zero-order valence-electron chi connectivity index (χ0n) is 42.6. The summed E-state index contributed by atoms with van der Waals surface area (Å²) in [6, 6.07) is 0. The lowest BCUT2D eigenvalue weighted by atomic mass is 10.1. The average Bonchev–Trinajstić information content (AvgIpc) is 3.29. The Labute approximate surface area is 397 Å². The van der Waals surface area contributed by atoms with E-state index in [1.165, 1.54) is 154 Å². The van der Waals surface area contributed by atoms with E-state index in [9.17, 15) is 14.4 Å². The van der Waals surface area contributed by atoms with Crippen LogP contribution in [0.5, 0.6) is 0 Å². The van der Waals surface area contributed by atoms with Gasteiger partial charge in [0.05, 0.1) is 0 Å². The van der Waals surface area contributed by atoms with Crippen molar-refractivity contribution in [2.45, 2.75) is 290 Å². The molecular formula is C58H104O6. The predicted molar refractivity (Wildman–Crippen MR) is 275 cm³/mol. The van der Waals surface area contributed by atoms with Gasteiger partial charge in [-0.25, -0.2) is 0 Å². The number of allylic oxidation sites excluding steroid dienone is 8. The number of rotatable bonds is 50. The maximum Gasteiger partial charge on any atom is 0.306 e. The molecule has 0 aromatic heterocycles. The normalized spacial score (nSPS) is 12.4. The monoisotopic (exact) mass is 897 g/mol. The molecule has 372 valence electrons. The fourth-order valence-electron chi connectivity index (χ4n) is 7.86. The molecule has 0 aliphatic heterocycles. The average molecular weight is 897 g/mol. The number of unbranched alkanes of at least 4 members (excludes halogenated alkanes) is 31. The van der Waals surface area contributed by atoms with Crippen LogP contribution in [0.25, 0.3) is 0 Å². The molecule has 64 heavy (non-hydrogen) atoms. The molecule has 6 nitrogen and oxygen atoms in total. The SMILES string of the molecule is CCCCC/C=C\CCCCCCCC(=O)OC(COC(=O)CCCCCCCCCC/C=C\C/C=C\C/C=C\CCCCCCC)COC(=O)CCCCCCCCCCCCC. The minimum absolute atomic E-state index is 0.0765. The minimum atomic E-state index is -0.777. The van der Waals surface area contributed by atoms with Crippen LogP contribution in [0, 0.1) is 0 Å². The van der Waals surface area contributed by atoms with Gasteiger partial charge in [-0.1, -0.05) is 230 Å². The van der Waals surface area contributed by atoms with Gasteiger partial charge in [-0.05, 0) is 83.5 Å². The van der Waals surface area contributed by atoms with Crippen LogP contribution >= 0.6 is 0 Å². The standard InChI is InChI=1S/C58H104O6/c1-4-7-10-13-16-19-22-24-25-26-27-28-29-30-31-32-33-34-37-39-42-45-48-51-57(60)63-54-55(53-62-56(59)50-47-44-41-38-35-21-18-15-12-9-6-3)64-58(61)52-49-46-43-40-36-23-20-17-14-11-8-5-2/h17,20,22,24,26-27,29-30,55H,4-16,18-19,21,23,25,28,31-54H2,1-3H3/b20-17-,24-22-,27-26-,30-29-. The van der Waals surface area contributed by atoms with Gasteiger partial charge >= 0.3 is 17.9 Å². The van der Waals surface area contributed by atoms with Gasteiger partial charge in [0.25, 0.3) is 0 Å². The first-order valence-electron chi connectivity index (χ1n) is 27.6. The van der Waals surface area contributed by atoms with E-state index in [0.29, 0.717) is 19.3 Å². The highest BCUT2D eigenvalue weighted by atomic mass is 16.6. The van der Waals surface area contributed by atoms with Crippen molar-refractivity contribution in [2.24, 2.45) is 0 Å². The Morgan fingerprint density at radius 1 is 0.312 bits per heavy atom. The number of carbonyl (C=O) groups excluding carboxylic acids is 3. The molecule has 0 aromatic carbocycles. The maximum atomic E-state index is 12.8. The van der Waals surface area contributed by atoms with Crippen LogP contribution in [-0.2, 0) is 28.6 Å². The number of carbonyl (C=O) groups is 3. The fraction of sp³-hybridized carbons (Fsp3) is 0.810. The highest BCUT2D eigenvalue weighted by Crippen LogP contribution is 2.15. The summed E-state index contributed by atoms with van der Waals surface area (Å²) in [6.07, 6.45) is 63.9. The minimum Gasteiger partial charge on any atom is -0.462 e. The molecule has 0 saturated carbocycles. The lowest BCUT2D eigenvalue weighted by Gasteiger charge is -2.18. The zero-order chi connectivity index (χ0) is 46.5. The van der Waals surface area contributed by atoms with E-state index in [4.69, 9.17) is 14.2 Å². The Kier molecular flexibility index (Phi) is 50.8. The number of ether oxygens (including phenoxy) is 3. The second kappa shape index (κ2) is 53.0. The summed E-state index contributed by atoms with van der Waals surface area (Å²) in [5.41, 5.74) is 0. The van der Waals surface area contributed by atoms with Crippen molar-refractivity contribution in [3.05, 3.63) is 48.6 Å². The number of hydrogen-bond acceptors (Lipinski definition) is 6.